The number of nitrogens with zero attached hydrogens (tertiary/aromatic N) is 1. The van der Waals surface area contributed by atoms with Crippen LogP contribution in [0.3, 0.4) is 0 Å². The summed E-state index contributed by atoms with van der Waals surface area (Å²) in [5.41, 5.74) is 2.87. The van der Waals surface area contributed by atoms with Crippen LogP contribution in [0.25, 0.3) is 0 Å². The molecule has 1 saturated heterocycles. The van der Waals surface area contributed by atoms with Crippen LogP contribution in [-0.2, 0) is 4.74 Å². The maximum Gasteiger partial charge on any atom is 0.0868 e. The van der Waals surface area contributed by atoms with E-state index in [1.54, 1.807) is 0 Å². The van der Waals surface area contributed by atoms with Gasteiger partial charge in [-0.25, -0.2) is 0 Å². The van der Waals surface area contributed by atoms with Crippen LogP contribution in [0.4, 0.5) is 0 Å². The SMILES string of the molecule is C=CCCC(NN)C1CN(CCC)CCO1. The molecule has 0 aromatic heterocycles. The Morgan fingerprint density at radius 1 is 1.69 bits per heavy atom. The van der Waals surface area contributed by atoms with Gasteiger partial charge in [0.05, 0.1) is 12.7 Å². The van der Waals surface area contributed by atoms with Crippen LogP contribution in [0.15, 0.2) is 12.7 Å². The van der Waals surface area contributed by atoms with Gasteiger partial charge in [0.2, 0.25) is 0 Å². The lowest BCUT2D eigenvalue weighted by molar-refractivity contribution is -0.0474. The summed E-state index contributed by atoms with van der Waals surface area (Å²) in [6.07, 6.45) is 5.30. The Morgan fingerprint density at radius 3 is 3.12 bits per heavy atom. The third-order valence-corrected chi connectivity index (χ3v) is 3.06. The van der Waals surface area contributed by atoms with E-state index in [9.17, 15) is 0 Å². The van der Waals surface area contributed by atoms with Gasteiger partial charge in [0.25, 0.3) is 0 Å². The predicted molar refractivity (Wildman–Crippen MR) is 67.0 cm³/mol. The van der Waals surface area contributed by atoms with Crippen LogP contribution in [0.5, 0.6) is 0 Å². The minimum atomic E-state index is 0.213. The van der Waals surface area contributed by atoms with Crippen LogP contribution in [-0.4, -0.2) is 43.3 Å². The zero-order chi connectivity index (χ0) is 11.8. The average Bonchev–Trinajstić information content (AvgIpc) is 2.31. The molecule has 4 nitrogen and oxygen atoms in total. The molecule has 0 spiro atoms. The van der Waals surface area contributed by atoms with Crippen LogP contribution in [0.1, 0.15) is 26.2 Å². The summed E-state index contributed by atoms with van der Waals surface area (Å²) in [4.78, 5) is 2.45. The van der Waals surface area contributed by atoms with E-state index in [-0.39, 0.29) is 12.1 Å². The van der Waals surface area contributed by atoms with E-state index in [1.807, 2.05) is 6.08 Å². The predicted octanol–water partition coefficient (Wildman–Crippen LogP) is 0.895. The summed E-state index contributed by atoms with van der Waals surface area (Å²) in [6, 6.07) is 0.234. The molecule has 0 bridgehead atoms. The van der Waals surface area contributed by atoms with Gasteiger partial charge in [-0.15, -0.1) is 6.58 Å². The molecule has 0 saturated carbocycles. The molecule has 1 heterocycles. The highest BCUT2D eigenvalue weighted by Crippen LogP contribution is 2.12. The van der Waals surface area contributed by atoms with Crippen molar-refractivity contribution in [2.75, 3.05) is 26.2 Å². The quantitative estimate of drug-likeness (QED) is 0.385. The Hall–Kier alpha value is -0.420. The van der Waals surface area contributed by atoms with Crippen molar-refractivity contribution < 1.29 is 4.74 Å². The summed E-state index contributed by atoms with van der Waals surface area (Å²) in [7, 11) is 0. The normalized spacial score (nSPS) is 24.2. The molecule has 0 aromatic carbocycles. The van der Waals surface area contributed by atoms with Gasteiger partial charge in [-0.1, -0.05) is 13.0 Å². The highest BCUT2D eigenvalue weighted by Gasteiger charge is 2.26. The zero-order valence-corrected chi connectivity index (χ0v) is 10.3. The van der Waals surface area contributed by atoms with Gasteiger partial charge >= 0.3 is 0 Å². The number of hydrazine groups is 1. The number of hydrogen-bond acceptors (Lipinski definition) is 4. The number of rotatable bonds is 7. The van der Waals surface area contributed by atoms with Crippen molar-refractivity contribution in [3.63, 3.8) is 0 Å². The molecule has 0 radical (unpaired) electrons. The second-order valence-electron chi connectivity index (χ2n) is 4.35. The van der Waals surface area contributed by atoms with Crippen molar-refractivity contribution in [2.24, 2.45) is 5.84 Å². The Labute approximate surface area is 98.8 Å². The summed E-state index contributed by atoms with van der Waals surface area (Å²) < 4.78 is 5.79. The molecule has 1 rings (SSSR count). The molecule has 16 heavy (non-hydrogen) atoms. The highest BCUT2D eigenvalue weighted by molar-refractivity contribution is 4.83. The smallest absolute Gasteiger partial charge is 0.0868 e. The molecular weight excluding hydrogens is 202 g/mol. The lowest BCUT2D eigenvalue weighted by atomic mass is 10.0. The molecule has 0 amide bonds. The largest absolute Gasteiger partial charge is 0.374 e. The Kier molecular flexibility index (Phi) is 6.64. The lowest BCUT2D eigenvalue weighted by Gasteiger charge is -2.36. The minimum absolute atomic E-state index is 0.213. The molecule has 4 heteroatoms. The maximum absolute atomic E-state index is 5.79. The van der Waals surface area contributed by atoms with Crippen LogP contribution in [0, 0.1) is 0 Å². The van der Waals surface area contributed by atoms with Gasteiger partial charge < -0.3 is 4.74 Å². The van der Waals surface area contributed by atoms with Gasteiger partial charge in [-0.05, 0) is 25.8 Å². The Bertz CT molecular complexity index is 197. The molecule has 2 unspecified atom stereocenters. The van der Waals surface area contributed by atoms with Crippen molar-refractivity contribution in [1.29, 1.82) is 0 Å². The van der Waals surface area contributed by atoms with Crippen LogP contribution in [0.2, 0.25) is 0 Å². The van der Waals surface area contributed by atoms with Crippen LogP contribution < -0.4 is 11.3 Å². The minimum Gasteiger partial charge on any atom is -0.374 e. The van der Waals surface area contributed by atoms with E-state index >= 15 is 0 Å². The number of ether oxygens (including phenoxy) is 1. The van der Waals surface area contributed by atoms with E-state index in [4.69, 9.17) is 10.6 Å². The van der Waals surface area contributed by atoms with E-state index < -0.39 is 0 Å². The number of nitrogens with one attached hydrogen (secondary N) is 1. The summed E-state index contributed by atoms with van der Waals surface area (Å²) in [5, 5.41) is 0. The lowest BCUT2D eigenvalue weighted by Crippen LogP contribution is -2.54. The Balaban J connectivity index is 2.39. The first-order valence-electron chi connectivity index (χ1n) is 6.22. The van der Waals surface area contributed by atoms with Gasteiger partial charge in [0.1, 0.15) is 0 Å². The van der Waals surface area contributed by atoms with E-state index in [0.717, 1.165) is 39.1 Å². The number of nitrogens with two attached hydrogens (primary N) is 1. The average molecular weight is 227 g/mol. The molecule has 0 aliphatic carbocycles. The summed E-state index contributed by atoms with van der Waals surface area (Å²) in [6.45, 7) is 9.94. The molecular formula is C12H25N3O. The van der Waals surface area contributed by atoms with Crippen molar-refractivity contribution in [1.82, 2.24) is 10.3 Å². The molecule has 3 N–H and O–H groups in total. The first-order valence-corrected chi connectivity index (χ1v) is 6.22. The first-order chi connectivity index (χ1) is 7.81. The molecule has 1 fully saturated rings. The van der Waals surface area contributed by atoms with Crippen LogP contribution >= 0.6 is 0 Å². The standard InChI is InChI=1S/C12H25N3O/c1-3-5-6-11(14-13)12-10-15(7-4-2)8-9-16-12/h3,11-12,14H,1,4-10,13H2,2H3. The second kappa shape index (κ2) is 7.79. The number of morpholine rings is 1. The number of hydrogen-bond donors (Lipinski definition) is 2. The first kappa shape index (κ1) is 13.6. The molecule has 2 atom stereocenters. The van der Waals surface area contributed by atoms with Crippen molar-refractivity contribution >= 4 is 0 Å². The van der Waals surface area contributed by atoms with Crippen molar-refractivity contribution in [3.8, 4) is 0 Å². The fourth-order valence-corrected chi connectivity index (χ4v) is 2.17. The Morgan fingerprint density at radius 2 is 2.50 bits per heavy atom. The zero-order valence-electron chi connectivity index (χ0n) is 10.3. The highest BCUT2D eigenvalue weighted by atomic mass is 16.5. The van der Waals surface area contributed by atoms with Gasteiger partial charge in [-0.3, -0.25) is 16.2 Å². The summed E-state index contributed by atoms with van der Waals surface area (Å²) in [5.74, 6) is 5.58. The number of allylic oxidation sites excluding steroid dienone is 1. The van der Waals surface area contributed by atoms with Gasteiger partial charge in [-0.2, -0.15) is 0 Å². The molecule has 1 aliphatic heterocycles. The third kappa shape index (κ3) is 4.22. The fraction of sp³-hybridized carbons (Fsp3) is 0.833. The van der Waals surface area contributed by atoms with Crippen molar-refractivity contribution in [2.45, 2.75) is 38.3 Å². The maximum atomic E-state index is 5.79. The topological polar surface area (TPSA) is 50.5 Å². The van der Waals surface area contributed by atoms with Gasteiger partial charge in [0.15, 0.2) is 0 Å². The third-order valence-electron chi connectivity index (χ3n) is 3.06. The van der Waals surface area contributed by atoms with E-state index in [0.29, 0.717) is 0 Å². The molecule has 94 valence electrons. The van der Waals surface area contributed by atoms with Crippen molar-refractivity contribution in [3.05, 3.63) is 12.7 Å². The molecule has 1 aliphatic rings. The molecule has 0 aromatic rings. The second-order valence-corrected chi connectivity index (χ2v) is 4.35. The fourth-order valence-electron chi connectivity index (χ4n) is 2.17. The monoisotopic (exact) mass is 227 g/mol. The van der Waals surface area contributed by atoms with E-state index in [1.165, 1.54) is 6.42 Å². The van der Waals surface area contributed by atoms with Gasteiger partial charge in [0, 0.05) is 19.1 Å². The van der Waals surface area contributed by atoms with E-state index in [2.05, 4.69) is 23.8 Å². The summed E-state index contributed by atoms with van der Waals surface area (Å²) >= 11 is 0.